The van der Waals surface area contributed by atoms with Crippen LogP contribution in [-0.4, -0.2) is 51.6 Å². The summed E-state index contributed by atoms with van der Waals surface area (Å²) in [6, 6.07) is 0. The quantitative estimate of drug-likeness (QED) is 0.514. The second-order valence-corrected chi connectivity index (χ2v) is 5.41. The molecule has 0 aliphatic carbocycles. The standard InChI is InChI=1S/C16H30O6/c1-6-13(19-4)10-21-15(17)8-12(3)9-16(18)22-11-14(7-2)20-5/h12-14H,6-11H2,1-5H3. The van der Waals surface area contributed by atoms with Crippen LogP contribution in [0.15, 0.2) is 0 Å². The van der Waals surface area contributed by atoms with Crippen LogP contribution in [0.2, 0.25) is 0 Å². The second kappa shape index (κ2) is 12.4. The van der Waals surface area contributed by atoms with Gasteiger partial charge in [-0.2, -0.15) is 0 Å². The molecule has 0 heterocycles. The number of rotatable bonds is 12. The fourth-order valence-corrected chi connectivity index (χ4v) is 1.84. The normalized spacial score (nSPS) is 15.0. The highest BCUT2D eigenvalue weighted by molar-refractivity contribution is 5.73. The molecule has 6 nitrogen and oxygen atoms in total. The lowest BCUT2D eigenvalue weighted by Crippen LogP contribution is -2.23. The van der Waals surface area contributed by atoms with E-state index in [1.165, 1.54) is 0 Å². The predicted molar refractivity (Wildman–Crippen MR) is 82.5 cm³/mol. The lowest BCUT2D eigenvalue weighted by atomic mass is 10.0. The van der Waals surface area contributed by atoms with Gasteiger partial charge in [-0.15, -0.1) is 0 Å². The summed E-state index contributed by atoms with van der Waals surface area (Å²) in [4.78, 5) is 23.4. The van der Waals surface area contributed by atoms with Crippen LogP contribution in [0.1, 0.15) is 46.5 Å². The third-order valence-electron chi connectivity index (χ3n) is 3.47. The van der Waals surface area contributed by atoms with Gasteiger partial charge in [0.15, 0.2) is 0 Å². The van der Waals surface area contributed by atoms with Gasteiger partial charge in [0, 0.05) is 27.1 Å². The highest BCUT2D eigenvalue weighted by Crippen LogP contribution is 2.11. The van der Waals surface area contributed by atoms with E-state index in [1.54, 1.807) is 14.2 Å². The first-order valence-corrected chi connectivity index (χ1v) is 7.83. The Bertz CT molecular complexity index is 280. The molecule has 0 aliphatic rings. The Morgan fingerprint density at radius 3 is 1.45 bits per heavy atom. The van der Waals surface area contributed by atoms with Crippen molar-refractivity contribution in [1.29, 1.82) is 0 Å². The Morgan fingerprint density at radius 2 is 1.18 bits per heavy atom. The number of hydrogen-bond donors (Lipinski definition) is 0. The van der Waals surface area contributed by atoms with Crippen molar-refractivity contribution in [1.82, 2.24) is 0 Å². The third-order valence-corrected chi connectivity index (χ3v) is 3.47. The van der Waals surface area contributed by atoms with Gasteiger partial charge in [0.25, 0.3) is 0 Å². The molecule has 0 radical (unpaired) electrons. The molecular weight excluding hydrogens is 288 g/mol. The molecule has 0 saturated heterocycles. The summed E-state index contributed by atoms with van der Waals surface area (Å²) in [6.45, 7) is 6.24. The fraction of sp³-hybridized carbons (Fsp3) is 0.875. The Morgan fingerprint density at radius 1 is 0.818 bits per heavy atom. The average Bonchev–Trinajstić information content (AvgIpc) is 2.49. The van der Waals surface area contributed by atoms with Crippen LogP contribution in [0.25, 0.3) is 0 Å². The van der Waals surface area contributed by atoms with Crippen molar-refractivity contribution in [3.8, 4) is 0 Å². The van der Waals surface area contributed by atoms with Gasteiger partial charge in [-0.25, -0.2) is 0 Å². The van der Waals surface area contributed by atoms with Crippen molar-refractivity contribution in [2.24, 2.45) is 5.92 Å². The SMILES string of the molecule is CCC(COC(=O)CC(C)CC(=O)OCC(CC)OC)OC. The topological polar surface area (TPSA) is 71.1 Å². The molecule has 0 aromatic rings. The van der Waals surface area contributed by atoms with Crippen LogP contribution in [0.3, 0.4) is 0 Å². The van der Waals surface area contributed by atoms with Crippen LogP contribution in [0.5, 0.6) is 0 Å². The van der Waals surface area contributed by atoms with Gasteiger partial charge in [0.1, 0.15) is 13.2 Å². The Balaban J connectivity index is 3.93. The number of hydrogen-bond acceptors (Lipinski definition) is 6. The van der Waals surface area contributed by atoms with Crippen LogP contribution < -0.4 is 0 Å². The van der Waals surface area contributed by atoms with E-state index in [-0.39, 0.29) is 56.1 Å². The van der Waals surface area contributed by atoms with Crippen LogP contribution in [-0.2, 0) is 28.5 Å². The Kier molecular flexibility index (Phi) is 11.8. The zero-order valence-electron chi connectivity index (χ0n) is 14.4. The van der Waals surface area contributed by atoms with E-state index < -0.39 is 0 Å². The van der Waals surface area contributed by atoms with Crippen molar-refractivity contribution in [3.63, 3.8) is 0 Å². The lowest BCUT2D eigenvalue weighted by molar-refractivity contribution is -0.151. The van der Waals surface area contributed by atoms with Crippen molar-refractivity contribution in [2.75, 3.05) is 27.4 Å². The van der Waals surface area contributed by atoms with E-state index in [0.717, 1.165) is 12.8 Å². The summed E-state index contributed by atoms with van der Waals surface area (Å²) in [5, 5.41) is 0. The van der Waals surface area contributed by atoms with E-state index >= 15 is 0 Å². The number of esters is 2. The molecule has 130 valence electrons. The van der Waals surface area contributed by atoms with Gasteiger partial charge in [0.05, 0.1) is 12.2 Å². The number of carbonyl (C=O) groups is 2. The summed E-state index contributed by atoms with van der Waals surface area (Å²) >= 11 is 0. The monoisotopic (exact) mass is 318 g/mol. The third kappa shape index (κ3) is 9.73. The highest BCUT2D eigenvalue weighted by Gasteiger charge is 2.17. The maximum Gasteiger partial charge on any atom is 0.306 e. The molecule has 2 unspecified atom stereocenters. The summed E-state index contributed by atoms with van der Waals surface area (Å²) in [6.07, 6.45) is 1.79. The van der Waals surface area contributed by atoms with E-state index in [4.69, 9.17) is 18.9 Å². The molecule has 0 aromatic heterocycles. The number of ether oxygens (including phenoxy) is 4. The van der Waals surface area contributed by atoms with Crippen molar-refractivity contribution in [2.45, 2.75) is 58.7 Å². The zero-order chi connectivity index (χ0) is 17.0. The maximum atomic E-state index is 11.7. The summed E-state index contributed by atoms with van der Waals surface area (Å²) in [7, 11) is 3.18. The van der Waals surface area contributed by atoms with Gasteiger partial charge >= 0.3 is 11.9 Å². The second-order valence-electron chi connectivity index (χ2n) is 5.41. The number of carbonyl (C=O) groups excluding carboxylic acids is 2. The molecule has 6 heteroatoms. The Labute approximate surface area is 133 Å². The first-order valence-electron chi connectivity index (χ1n) is 7.83. The van der Waals surface area contributed by atoms with E-state index in [9.17, 15) is 9.59 Å². The smallest absolute Gasteiger partial charge is 0.306 e. The van der Waals surface area contributed by atoms with Gasteiger partial charge < -0.3 is 18.9 Å². The molecule has 0 aromatic carbocycles. The molecule has 22 heavy (non-hydrogen) atoms. The van der Waals surface area contributed by atoms with E-state index in [2.05, 4.69) is 0 Å². The molecule has 0 aliphatic heterocycles. The van der Waals surface area contributed by atoms with Crippen molar-refractivity contribution >= 4 is 11.9 Å². The molecule has 0 N–H and O–H groups in total. The van der Waals surface area contributed by atoms with Gasteiger partial charge in [-0.05, 0) is 18.8 Å². The van der Waals surface area contributed by atoms with E-state index in [1.807, 2.05) is 20.8 Å². The molecule has 0 bridgehead atoms. The van der Waals surface area contributed by atoms with Crippen LogP contribution in [0.4, 0.5) is 0 Å². The van der Waals surface area contributed by atoms with Crippen molar-refractivity contribution < 1.29 is 28.5 Å². The minimum absolute atomic E-state index is 0.0794. The molecule has 0 spiro atoms. The van der Waals surface area contributed by atoms with Crippen molar-refractivity contribution in [3.05, 3.63) is 0 Å². The van der Waals surface area contributed by atoms with Gasteiger partial charge in [-0.1, -0.05) is 20.8 Å². The van der Waals surface area contributed by atoms with Crippen LogP contribution in [0, 0.1) is 5.92 Å². The molecule has 0 saturated carbocycles. The largest absolute Gasteiger partial charge is 0.463 e. The number of methoxy groups -OCH3 is 2. The molecule has 0 rings (SSSR count). The zero-order valence-corrected chi connectivity index (χ0v) is 14.4. The first kappa shape index (κ1) is 20.9. The predicted octanol–water partition coefficient (Wildman–Crippen LogP) is 2.34. The van der Waals surface area contributed by atoms with Gasteiger partial charge in [-0.3, -0.25) is 9.59 Å². The highest BCUT2D eigenvalue weighted by atomic mass is 16.6. The molecular formula is C16H30O6. The summed E-state index contributed by atoms with van der Waals surface area (Å²) in [5.41, 5.74) is 0. The van der Waals surface area contributed by atoms with Crippen LogP contribution >= 0.6 is 0 Å². The fourth-order valence-electron chi connectivity index (χ4n) is 1.84. The summed E-state index contributed by atoms with van der Waals surface area (Å²) in [5.74, 6) is -0.761. The van der Waals surface area contributed by atoms with Gasteiger partial charge in [0.2, 0.25) is 0 Å². The molecule has 2 atom stereocenters. The maximum absolute atomic E-state index is 11.7. The Hall–Kier alpha value is -1.14. The molecule has 0 fully saturated rings. The minimum Gasteiger partial charge on any atom is -0.463 e. The minimum atomic E-state index is -0.320. The summed E-state index contributed by atoms with van der Waals surface area (Å²) < 4.78 is 20.5. The molecule has 0 amide bonds. The average molecular weight is 318 g/mol. The lowest BCUT2D eigenvalue weighted by Gasteiger charge is -2.16. The first-order chi connectivity index (χ1) is 10.5. The van der Waals surface area contributed by atoms with E-state index in [0.29, 0.717) is 0 Å².